The fourth-order valence-corrected chi connectivity index (χ4v) is 5.68. The average molecular weight is 737 g/mol. The maximum Gasteiger partial charge on any atom is 0.216 e. The van der Waals surface area contributed by atoms with E-state index < -0.39 is 6.85 Å². The molecule has 213 valence electrons. The molecule has 5 aromatic rings. The Balaban J connectivity index is 0.000000274. The van der Waals surface area contributed by atoms with Gasteiger partial charge < -0.3 is 14.5 Å². The Hall–Kier alpha value is -2.86. The Morgan fingerprint density at radius 1 is 1.10 bits per heavy atom. The second-order valence-corrected chi connectivity index (χ2v) is 10.6. The third-order valence-corrected chi connectivity index (χ3v) is 8.34. The standard InChI is InChI=1S/C20H13N2OS.C13H24O2.Ir/c1-11-10-24-18-9-21-17(8-16(11)18)15-5-3-4-13-14-7-6-12(2)22-20(14)23-19(13)15;1-5-10(6-2)12(14)9-13(15)11(7-3)8-4;/h3-4,6-10H,1-2H3;9-11,14H,5-8H2,1-4H3;/q-1;;/b;12-9-;/i2D3;;. The molecule has 1 radical (unpaired) electrons. The first-order valence-electron chi connectivity index (χ1n) is 15.0. The number of carbonyl (C=O) groups is 1. The number of fused-ring (bicyclic) bond motifs is 4. The third kappa shape index (κ3) is 6.71. The number of thiophene rings is 1. The number of benzene rings is 1. The number of aliphatic hydroxyl groups excluding tert-OH is 1. The number of aryl methyl sites for hydroxylation is 2. The number of hydrogen-bond acceptors (Lipinski definition) is 6. The van der Waals surface area contributed by atoms with E-state index in [-0.39, 0.29) is 49.2 Å². The van der Waals surface area contributed by atoms with Crippen LogP contribution in [0.4, 0.5) is 0 Å². The maximum atomic E-state index is 11.7. The molecule has 0 bridgehead atoms. The fraction of sp³-hybridized carbons (Fsp3) is 0.364. The van der Waals surface area contributed by atoms with E-state index in [4.69, 9.17) is 8.53 Å². The van der Waals surface area contributed by atoms with Crippen LogP contribution in [0.1, 0.15) is 68.7 Å². The zero-order chi connectivity index (χ0) is 30.6. The normalized spacial score (nSPS) is 13.2. The Bertz CT molecular complexity index is 1730. The maximum absolute atomic E-state index is 11.7. The molecule has 0 unspecified atom stereocenters. The molecule has 5 nitrogen and oxygen atoms in total. The Morgan fingerprint density at radius 3 is 2.50 bits per heavy atom. The van der Waals surface area contributed by atoms with Gasteiger partial charge in [0, 0.05) is 59.4 Å². The Kier molecular flexibility index (Phi) is 9.67. The number of carbonyl (C=O) groups excluding carboxylic acids is 1. The molecule has 0 saturated carbocycles. The van der Waals surface area contributed by atoms with Gasteiger partial charge in [-0.2, -0.15) is 0 Å². The zero-order valence-electron chi connectivity index (χ0n) is 26.5. The van der Waals surface area contributed by atoms with Crippen LogP contribution in [0.25, 0.3) is 43.4 Å². The van der Waals surface area contributed by atoms with Crippen molar-refractivity contribution in [2.45, 2.75) is 67.2 Å². The fourth-order valence-electron chi connectivity index (χ4n) is 4.79. The molecule has 0 fully saturated rings. The van der Waals surface area contributed by atoms with Crippen LogP contribution in [0.15, 0.2) is 58.2 Å². The minimum absolute atomic E-state index is 0. The molecule has 0 aliphatic rings. The summed E-state index contributed by atoms with van der Waals surface area (Å²) in [6.45, 7) is 7.88. The van der Waals surface area contributed by atoms with Crippen LogP contribution in [0, 0.1) is 31.7 Å². The molecule has 1 N–H and O–H groups in total. The van der Waals surface area contributed by atoms with Crippen molar-refractivity contribution < 1.29 is 38.5 Å². The molecule has 7 heteroatoms. The van der Waals surface area contributed by atoms with Gasteiger partial charge in [-0.05, 0) is 73.6 Å². The van der Waals surface area contributed by atoms with Crippen LogP contribution in [-0.2, 0) is 24.9 Å². The van der Waals surface area contributed by atoms with Crippen molar-refractivity contribution >= 4 is 49.3 Å². The van der Waals surface area contributed by atoms with Crippen molar-refractivity contribution in [3.8, 4) is 11.3 Å². The first-order chi connectivity index (χ1) is 20.0. The second-order valence-electron chi connectivity index (χ2n) is 9.73. The summed E-state index contributed by atoms with van der Waals surface area (Å²) in [5.41, 5.74) is 3.67. The van der Waals surface area contributed by atoms with Gasteiger partial charge in [-0.25, -0.2) is 4.98 Å². The van der Waals surface area contributed by atoms with E-state index in [2.05, 4.69) is 28.3 Å². The van der Waals surface area contributed by atoms with Gasteiger partial charge in [-0.15, -0.1) is 29.5 Å². The smallest absolute Gasteiger partial charge is 0.216 e. The van der Waals surface area contributed by atoms with E-state index in [0.29, 0.717) is 11.3 Å². The molecule has 40 heavy (non-hydrogen) atoms. The minimum Gasteiger partial charge on any atom is -0.512 e. The molecule has 1 aromatic carbocycles. The number of furan rings is 1. The van der Waals surface area contributed by atoms with E-state index >= 15 is 0 Å². The zero-order valence-corrected chi connectivity index (χ0v) is 26.7. The first kappa shape index (κ1) is 27.3. The molecule has 0 aliphatic carbocycles. The summed E-state index contributed by atoms with van der Waals surface area (Å²) in [7, 11) is 0. The molecule has 0 spiro atoms. The number of aliphatic hydroxyl groups is 1. The molecule has 0 aliphatic heterocycles. The quantitative estimate of drug-likeness (QED) is 0.0976. The molecule has 4 aromatic heterocycles. The summed E-state index contributed by atoms with van der Waals surface area (Å²) in [5.74, 6) is 0.547. The van der Waals surface area contributed by atoms with Gasteiger partial charge in [-0.3, -0.25) is 4.79 Å². The van der Waals surface area contributed by atoms with Gasteiger partial charge in [0.15, 0.2) is 5.78 Å². The molecule has 0 amide bonds. The predicted octanol–water partition coefficient (Wildman–Crippen LogP) is 9.54. The van der Waals surface area contributed by atoms with Crippen LogP contribution >= 0.6 is 11.3 Å². The topological polar surface area (TPSA) is 76.2 Å². The predicted molar refractivity (Wildman–Crippen MR) is 162 cm³/mol. The van der Waals surface area contributed by atoms with Crippen LogP contribution < -0.4 is 0 Å². The van der Waals surface area contributed by atoms with Gasteiger partial charge >= 0.3 is 0 Å². The van der Waals surface area contributed by atoms with Crippen LogP contribution in [0.2, 0.25) is 0 Å². The van der Waals surface area contributed by atoms with Gasteiger partial charge in [0.2, 0.25) is 5.71 Å². The van der Waals surface area contributed by atoms with Crippen LogP contribution in [-0.4, -0.2) is 20.9 Å². The van der Waals surface area contributed by atoms with Crippen molar-refractivity contribution in [3.05, 3.63) is 71.1 Å². The minimum atomic E-state index is -2.27. The number of allylic oxidation sites excluding steroid dienone is 2. The molecule has 5 rings (SSSR count). The van der Waals surface area contributed by atoms with Crippen LogP contribution in [0.3, 0.4) is 0 Å². The SMILES string of the molecule is CCC(CC)C(=O)/C=C(\O)C(CC)CC.[2H]C([2H])([2H])c1ccc2c(n1)oc1c(-c3cc4c(C)csc4cn3)[c-]ccc12.[Ir]. The summed E-state index contributed by atoms with van der Waals surface area (Å²) >= 11 is 1.67. The van der Waals surface area contributed by atoms with Crippen molar-refractivity contribution in [2.24, 2.45) is 11.8 Å². The summed E-state index contributed by atoms with van der Waals surface area (Å²) in [6.07, 6.45) is 6.77. The first-order valence-corrected chi connectivity index (χ1v) is 14.4. The molecule has 4 heterocycles. The van der Waals surface area contributed by atoms with Crippen molar-refractivity contribution in [1.29, 1.82) is 0 Å². The summed E-state index contributed by atoms with van der Waals surface area (Å²) in [5, 5.41) is 14.7. The van der Waals surface area contributed by atoms with Gasteiger partial charge in [0.25, 0.3) is 0 Å². The summed E-state index contributed by atoms with van der Waals surface area (Å²) < 4.78 is 29.8. The number of nitrogens with zero attached hydrogens (tertiary/aromatic N) is 2. The van der Waals surface area contributed by atoms with E-state index in [1.807, 2.05) is 52.1 Å². The second kappa shape index (κ2) is 14.2. The van der Waals surface area contributed by atoms with E-state index in [1.165, 1.54) is 17.7 Å². The van der Waals surface area contributed by atoms with Crippen LogP contribution in [0.5, 0.6) is 0 Å². The number of rotatable bonds is 8. The average Bonchev–Trinajstić information content (AvgIpc) is 3.53. The van der Waals surface area contributed by atoms with Gasteiger partial charge in [-0.1, -0.05) is 44.7 Å². The van der Waals surface area contributed by atoms with Gasteiger partial charge in [0.1, 0.15) is 0 Å². The monoisotopic (exact) mass is 737 g/mol. The molecular formula is C33H37IrN2O3S-. The van der Waals surface area contributed by atoms with Crippen molar-refractivity contribution in [2.75, 3.05) is 0 Å². The molecule has 0 saturated heterocycles. The summed E-state index contributed by atoms with van der Waals surface area (Å²) in [4.78, 5) is 20.5. The number of hydrogen-bond donors (Lipinski definition) is 1. The number of aromatic nitrogens is 2. The van der Waals surface area contributed by atoms with Gasteiger partial charge in [0.05, 0.1) is 16.0 Å². The molecule has 0 atom stereocenters. The van der Waals surface area contributed by atoms with E-state index in [9.17, 15) is 9.90 Å². The number of pyridine rings is 2. The third-order valence-electron chi connectivity index (χ3n) is 7.29. The molecular weight excluding hydrogens is 697 g/mol. The largest absolute Gasteiger partial charge is 0.512 e. The van der Waals surface area contributed by atoms with Crippen molar-refractivity contribution in [1.82, 2.24) is 9.97 Å². The number of ketones is 1. The van der Waals surface area contributed by atoms with E-state index in [1.54, 1.807) is 17.4 Å². The summed E-state index contributed by atoms with van der Waals surface area (Å²) in [6, 6.07) is 12.3. The Labute approximate surface area is 258 Å². The van der Waals surface area contributed by atoms with E-state index in [0.717, 1.165) is 57.8 Å². The Morgan fingerprint density at radius 2 is 1.82 bits per heavy atom. The van der Waals surface area contributed by atoms with Crippen molar-refractivity contribution in [3.63, 3.8) is 0 Å².